The Hall–Kier alpha value is -1.17. The fourth-order valence-electron chi connectivity index (χ4n) is 2.22. The van der Waals surface area contributed by atoms with Crippen LogP contribution in [0, 0.1) is 0 Å². The molecule has 0 spiro atoms. The van der Waals surface area contributed by atoms with Gasteiger partial charge in [-0.3, -0.25) is 0 Å². The first-order valence-corrected chi connectivity index (χ1v) is 9.65. The maximum absolute atomic E-state index is 11.1. The number of hydrogen-bond acceptors (Lipinski definition) is 3. The first-order chi connectivity index (χ1) is 9.97. The number of nitrogens with two attached hydrogens (primary N) is 1. The largest absolute Gasteiger partial charge is 0.228 e. The molecule has 2 N–H and O–H groups in total. The van der Waals surface area contributed by atoms with Crippen molar-refractivity contribution in [1.29, 1.82) is 0 Å². The molecule has 2 rings (SSSR count). The number of thiophene rings is 1. The van der Waals surface area contributed by atoms with Gasteiger partial charge in [-0.15, -0.1) is 0 Å². The molecule has 1 aromatic heterocycles. The highest BCUT2D eigenvalue weighted by Gasteiger charge is 2.14. The quantitative estimate of drug-likeness (QED) is 0.788. The van der Waals surface area contributed by atoms with Crippen LogP contribution in [-0.4, -0.2) is 13.7 Å². The SMILES string of the molecule is CC(CCCCc1ccc(-c2ccsc2)cc1)S(N)(=O)=O. The van der Waals surface area contributed by atoms with Gasteiger partial charge in [0.15, 0.2) is 0 Å². The third-order valence-corrected chi connectivity index (χ3v) is 5.74. The van der Waals surface area contributed by atoms with Crippen LogP contribution in [0.25, 0.3) is 11.1 Å². The zero-order valence-corrected chi connectivity index (χ0v) is 13.8. The molecule has 1 heterocycles. The van der Waals surface area contributed by atoms with Crippen LogP contribution in [-0.2, 0) is 16.4 Å². The highest BCUT2D eigenvalue weighted by Crippen LogP contribution is 2.22. The van der Waals surface area contributed by atoms with E-state index in [-0.39, 0.29) is 0 Å². The van der Waals surface area contributed by atoms with Crippen molar-refractivity contribution in [2.45, 2.75) is 37.9 Å². The van der Waals surface area contributed by atoms with E-state index in [1.807, 2.05) is 0 Å². The number of rotatable bonds is 7. The summed E-state index contributed by atoms with van der Waals surface area (Å²) in [5.74, 6) is 0. The van der Waals surface area contributed by atoms with E-state index in [4.69, 9.17) is 5.14 Å². The Bertz CT molecular complexity index is 646. The molecule has 5 heteroatoms. The molecule has 0 saturated heterocycles. The summed E-state index contributed by atoms with van der Waals surface area (Å²) in [7, 11) is -3.38. The minimum atomic E-state index is -3.38. The standard InChI is InChI=1S/C16H21NO2S2/c1-13(21(17,18)19)4-2-3-5-14-6-8-15(9-7-14)16-10-11-20-12-16/h6-13H,2-5H2,1H3,(H2,17,18,19). The van der Waals surface area contributed by atoms with Gasteiger partial charge in [-0.1, -0.05) is 30.7 Å². The van der Waals surface area contributed by atoms with Gasteiger partial charge in [0.1, 0.15) is 0 Å². The summed E-state index contributed by atoms with van der Waals surface area (Å²) in [5.41, 5.74) is 3.79. The molecule has 2 aromatic rings. The van der Waals surface area contributed by atoms with Crippen LogP contribution >= 0.6 is 11.3 Å². The molecule has 0 aliphatic heterocycles. The molecule has 0 aliphatic carbocycles. The second-order valence-electron chi connectivity index (χ2n) is 5.35. The molecule has 0 fully saturated rings. The number of primary sulfonamides is 1. The van der Waals surface area contributed by atoms with Crippen molar-refractivity contribution in [2.24, 2.45) is 5.14 Å². The monoisotopic (exact) mass is 323 g/mol. The molecule has 3 nitrogen and oxygen atoms in total. The number of aryl methyl sites for hydroxylation is 1. The van der Waals surface area contributed by atoms with Gasteiger partial charge in [-0.2, -0.15) is 11.3 Å². The van der Waals surface area contributed by atoms with Crippen LogP contribution in [0.1, 0.15) is 31.7 Å². The Morgan fingerprint density at radius 3 is 2.38 bits per heavy atom. The van der Waals surface area contributed by atoms with Crippen molar-refractivity contribution >= 4 is 21.4 Å². The van der Waals surface area contributed by atoms with Crippen LogP contribution in [0.4, 0.5) is 0 Å². The van der Waals surface area contributed by atoms with E-state index in [2.05, 4.69) is 41.1 Å². The zero-order chi connectivity index (χ0) is 15.3. The first-order valence-electron chi connectivity index (χ1n) is 7.10. The van der Waals surface area contributed by atoms with Crippen molar-refractivity contribution in [2.75, 3.05) is 0 Å². The van der Waals surface area contributed by atoms with E-state index in [0.717, 1.165) is 19.3 Å². The average Bonchev–Trinajstić information content (AvgIpc) is 2.97. The first kappa shape index (κ1) is 16.2. The maximum Gasteiger partial charge on any atom is 0.211 e. The lowest BCUT2D eigenvalue weighted by molar-refractivity contribution is 0.570. The number of hydrogen-bond donors (Lipinski definition) is 1. The molecule has 21 heavy (non-hydrogen) atoms. The van der Waals surface area contributed by atoms with Crippen molar-refractivity contribution in [3.63, 3.8) is 0 Å². The molecule has 0 aliphatic rings. The van der Waals surface area contributed by atoms with E-state index in [1.165, 1.54) is 16.7 Å². The Kier molecular flexibility index (Phi) is 5.56. The number of unbranched alkanes of at least 4 members (excludes halogenated alkanes) is 1. The molecule has 0 amide bonds. The van der Waals surface area contributed by atoms with Crippen molar-refractivity contribution < 1.29 is 8.42 Å². The smallest absolute Gasteiger partial charge is 0.211 e. The number of benzene rings is 1. The molecule has 1 aromatic carbocycles. The average molecular weight is 323 g/mol. The summed E-state index contributed by atoms with van der Waals surface area (Å²) in [6, 6.07) is 10.7. The fourth-order valence-corrected chi connectivity index (χ4v) is 3.38. The van der Waals surface area contributed by atoms with Crippen LogP contribution in [0.3, 0.4) is 0 Å². The topological polar surface area (TPSA) is 60.2 Å². The van der Waals surface area contributed by atoms with E-state index in [1.54, 1.807) is 18.3 Å². The summed E-state index contributed by atoms with van der Waals surface area (Å²) in [4.78, 5) is 0. The third-order valence-electron chi connectivity index (χ3n) is 3.70. The lowest BCUT2D eigenvalue weighted by Crippen LogP contribution is -2.25. The van der Waals surface area contributed by atoms with E-state index < -0.39 is 15.3 Å². The second kappa shape index (κ2) is 7.20. The minimum absolute atomic E-state index is 0.446. The molecular weight excluding hydrogens is 302 g/mol. The summed E-state index contributed by atoms with van der Waals surface area (Å²) in [6.45, 7) is 1.67. The normalized spacial score (nSPS) is 13.2. The van der Waals surface area contributed by atoms with Gasteiger partial charge in [-0.25, -0.2) is 13.6 Å². The van der Waals surface area contributed by atoms with Crippen LogP contribution in [0.2, 0.25) is 0 Å². The highest BCUT2D eigenvalue weighted by molar-refractivity contribution is 7.89. The van der Waals surface area contributed by atoms with Gasteiger partial charge < -0.3 is 0 Å². The molecule has 0 saturated carbocycles. The molecule has 0 bridgehead atoms. The van der Waals surface area contributed by atoms with Gasteiger partial charge in [0.2, 0.25) is 10.0 Å². The van der Waals surface area contributed by atoms with Crippen molar-refractivity contribution in [1.82, 2.24) is 0 Å². The van der Waals surface area contributed by atoms with Crippen molar-refractivity contribution in [3.8, 4) is 11.1 Å². The summed E-state index contributed by atoms with van der Waals surface area (Å²) >= 11 is 1.70. The Labute approximate surface area is 130 Å². The van der Waals surface area contributed by atoms with Crippen LogP contribution < -0.4 is 5.14 Å². The fraction of sp³-hybridized carbons (Fsp3) is 0.375. The van der Waals surface area contributed by atoms with Gasteiger partial charge in [-0.05, 0) is 59.7 Å². The lowest BCUT2D eigenvalue weighted by atomic mass is 10.0. The summed E-state index contributed by atoms with van der Waals surface area (Å²) in [6.07, 6.45) is 3.47. The van der Waals surface area contributed by atoms with Crippen LogP contribution in [0.5, 0.6) is 0 Å². The summed E-state index contributed by atoms with van der Waals surface area (Å²) in [5, 5.41) is 8.88. The maximum atomic E-state index is 11.1. The number of sulfonamides is 1. The molecule has 0 radical (unpaired) electrons. The Balaban J connectivity index is 1.79. The highest BCUT2D eigenvalue weighted by atomic mass is 32.2. The van der Waals surface area contributed by atoms with Gasteiger partial charge in [0, 0.05) is 0 Å². The third kappa shape index (κ3) is 4.95. The lowest BCUT2D eigenvalue weighted by Gasteiger charge is -2.08. The molecule has 1 atom stereocenters. The zero-order valence-electron chi connectivity index (χ0n) is 12.2. The van der Waals surface area contributed by atoms with Gasteiger partial charge >= 0.3 is 0 Å². The van der Waals surface area contributed by atoms with Crippen LogP contribution in [0.15, 0.2) is 41.1 Å². The summed E-state index contributed by atoms with van der Waals surface area (Å²) < 4.78 is 22.2. The molecule has 114 valence electrons. The van der Waals surface area contributed by atoms with Crippen molar-refractivity contribution in [3.05, 3.63) is 46.7 Å². The minimum Gasteiger partial charge on any atom is -0.228 e. The predicted octanol–water partition coefficient (Wildman–Crippen LogP) is 3.80. The Morgan fingerprint density at radius 1 is 1.10 bits per heavy atom. The van der Waals surface area contributed by atoms with E-state index in [9.17, 15) is 8.42 Å². The van der Waals surface area contributed by atoms with Gasteiger partial charge in [0.25, 0.3) is 0 Å². The van der Waals surface area contributed by atoms with E-state index in [0.29, 0.717) is 6.42 Å². The molecular formula is C16H21NO2S2. The van der Waals surface area contributed by atoms with Gasteiger partial charge in [0.05, 0.1) is 5.25 Å². The predicted molar refractivity (Wildman–Crippen MR) is 89.9 cm³/mol. The van der Waals surface area contributed by atoms with E-state index >= 15 is 0 Å². The Morgan fingerprint density at radius 2 is 1.81 bits per heavy atom. The second-order valence-corrected chi connectivity index (χ2v) is 8.12. The molecule has 1 unspecified atom stereocenters.